The Balaban J connectivity index is 1.51. The smallest absolute Gasteiger partial charge is 0.410 e. The predicted octanol–water partition coefficient (Wildman–Crippen LogP) is 2.76. The molecule has 2 amide bonds. The van der Waals surface area contributed by atoms with Crippen molar-refractivity contribution in [1.29, 1.82) is 0 Å². The average molecular weight is 487 g/mol. The number of carbonyl (C=O) groups is 3. The largest absolute Gasteiger partial charge is 0.494 e. The molecular weight excluding hydrogens is 452 g/mol. The van der Waals surface area contributed by atoms with Gasteiger partial charge >= 0.3 is 6.09 Å². The summed E-state index contributed by atoms with van der Waals surface area (Å²) in [5.41, 5.74) is 0.539. The number of hydrogen-bond acceptors (Lipinski definition) is 8. The van der Waals surface area contributed by atoms with Crippen LogP contribution in [0.5, 0.6) is 5.75 Å². The molecule has 0 saturated carbocycles. The topological polar surface area (TPSA) is 102 Å². The summed E-state index contributed by atoms with van der Waals surface area (Å²) in [6, 6.07) is 7.00. The predicted molar refractivity (Wildman–Crippen MR) is 130 cm³/mol. The lowest BCUT2D eigenvalue weighted by atomic mass is 10.1. The van der Waals surface area contributed by atoms with Gasteiger partial charge in [0, 0.05) is 44.3 Å². The number of carbonyl (C=O) groups excluding carboxylic acids is 3. The molecule has 0 bridgehead atoms. The van der Waals surface area contributed by atoms with Gasteiger partial charge in [-0.2, -0.15) is 0 Å². The Morgan fingerprint density at radius 1 is 1.14 bits per heavy atom. The van der Waals surface area contributed by atoms with Crippen LogP contribution in [0.4, 0.5) is 4.79 Å². The van der Waals surface area contributed by atoms with Gasteiger partial charge in [-0.15, -0.1) is 0 Å². The van der Waals surface area contributed by atoms with Crippen molar-refractivity contribution in [1.82, 2.24) is 19.8 Å². The van der Waals surface area contributed by atoms with Crippen LogP contribution in [0.2, 0.25) is 0 Å². The summed E-state index contributed by atoms with van der Waals surface area (Å²) in [7, 11) is 1.34. The number of piperazine rings is 1. The van der Waals surface area contributed by atoms with Gasteiger partial charge in [-0.3, -0.25) is 19.5 Å². The van der Waals surface area contributed by atoms with E-state index in [0.717, 1.165) is 31.1 Å². The highest BCUT2D eigenvalue weighted by atomic mass is 16.7. The molecule has 10 nitrogen and oxygen atoms in total. The van der Waals surface area contributed by atoms with Crippen LogP contribution in [0, 0.1) is 0 Å². The zero-order valence-corrected chi connectivity index (χ0v) is 20.9. The molecule has 10 heteroatoms. The van der Waals surface area contributed by atoms with Gasteiger partial charge in [-0.05, 0) is 51.5 Å². The molecule has 1 aromatic carbocycles. The Hall–Kier alpha value is -3.24. The molecule has 0 radical (unpaired) electrons. The maximum atomic E-state index is 12.8. The number of rotatable bonds is 9. The van der Waals surface area contributed by atoms with E-state index in [-0.39, 0.29) is 12.6 Å². The Bertz CT molecular complexity index is 1030. The van der Waals surface area contributed by atoms with Gasteiger partial charge < -0.3 is 19.2 Å². The second-order valence-electron chi connectivity index (χ2n) is 9.26. The number of amides is 2. The van der Waals surface area contributed by atoms with Crippen molar-refractivity contribution < 1.29 is 28.7 Å². The van der Waals surface area contributed by atoms with Crippen molar-refractivity contribution in [3.05, 3.63) is 36.0 Å². The van der Waals surface area contributed by atoms with E-state index in [1.807, 2.05) is 26.8 Å². The van der Waals surface area contributed by atoms with Gasteiger partial charge in [0.15, 0.2) is 0 Å². The lowest BCUT2D eigenvalue weighted by Crippen LogP contribution is -2.50. The molecule has 190 valence electrons. The Kier molecular flexibility index (Phi) is 9.00. The number of ether oxygens (including phenoxy) is 2. The van der Waals surface area contributed by atoms with Crippen LogP contribution in [0.25, 0.3) is 10.9 Å². The third-order valence-electron chi connectivity index (χ3n) is 5.54. The molecule has 35 heavy (non-hydrogen) atoms. The standard InChI is InChI=1S/C25H34N4O6/c1-25(2,3)35-24(32)28-13-11-27(12-14-28)10-5-17-34-19-6-7-22-21(18-19)20(8-9-26-22)23(31)29(33-4)15-16-30/h6-9,16,18H,5,10-15,17H2,1-4H3. The van der Waals surface area contributed by atoms with E-state index in [2.05, 4.69) is 9.88 Å². The third kappa shape index (κ3) is 7.37. The first-order chi connectivity index (χ1) is 16.7. The maximum Gasteiger partial charge on any atom is 0.410 e. The van der Waals surface area contributed by atoms with Gasteiger partial charge in [0.1, 0.15) is 24.2 Å². The molecule has 1 aliphatic rings. The molecule has 0 N–H and O–H groups in total. The van der Waals surface area contributed by atoms with Crippen LogP contribution in [0.1, 0.15) is 37.6 Å². The molecule has 2 aromatic rings. The number of hydroxylamine groups is 2. The zero-order valence-electron chi connectivity index (χ0n) is 20.9. The van der Waals surface area contributed by atoms with Crippen LogP contribution >= 0.6 is 0 Å². The average Bonchev–Trinajstić information content (AvgIpc) is 2.83. The highest BCUT2D eigenvalue weighted by Gasteiger charge is 2.25. The minimum Gasteiger partial charge on any atom is -0.494 e. The van der Waals surface area contributed by atoms with E-state index in [1.165, 1.54) is 7.11 Å². The number of aldehydes is 1. The maximum absolute atomic E-state index is 12.8. The molecular formula is C25H34N4O6. The third-order valence-corrected chi connectivity index (χ3v) is 5.54. The fourth-order valence-electron chi connectivity index (χ4n) is 3.80. The highest BCUT2D eigenvalue weighted by Crippen LogP contribution is 2.24. The Labute approximate surface area is 205 Å². The second-order valence-corrected chi connectivity index (χ2v) is 9.26. The van der Waals surface area contributed by atoms with Crippen LogP contribution in [0.3, 0.4) is 0 Å². The summed E-state index contributed by atoms with van der Waals surface area (Å²) in [6.45, 7) is 9.69. The first-order valence-corrected chi connectivity index (χ1v) is 11.7. The number of fused-ring (bicyclic) bond motifs is 1. The Morgan fingerprint density at radius 3 is 2.54 bits per heavy atom. The van der Waals surface area contributed by atoms with Crippen molar-refractivity contribution in [2.24, 2.45) is 0 Å². The number of pyridine rings is 1. The number of nitrogens with zero attached hydrogens (tertiary/aromatic N) is 4. The first kappa shape index (κ1) is 26.4. The van der Waals surface area contributed by atoms with Gasteiger partial charge in [-0.1, -0.05) is 0 Å². The summed E-state index contributed by atoms with van der Waals surface area (Å²) in [4.78, 5) is 49.2. The van der Waals surface area contributed by atoms with Gasteiger partial charge in [0.05, 0.1) is 24.8 Å². The van der Waals surface area contributed by atoms with Gasteiger partial charge in [-0.25, -0.2) is 9.86 Å². The summed E-state index contributed by atoms with van der Waals surface area (Å²) in [6.07, 6.45) is 2.72. The van der Waals surface area contributed by atoms with E-state index < -0.39 is 11.5 Å². The van der Waals surface area contributed by atoms with Crippen molar-refractivity contribution in [3.63, 3.8) is 0 Å². The highest BCUT2D eigenvalue weighted by molar-refractivity contribution is 6.06. The van der Waals surface area contributed by atoms with Crippen molar-refractivity contribution in [3.8, 4) is 5.75 Å². The second kappa shape index (κ2) is 11.9. The van der Waals surface area contributed by atoms with Crippen LogP contribution in [0.15, 0.2) is 30.5 Å². The minimum absolute atomic E-state index is 0.165. The Morgan fingerprint density at radius 2 is 1.89 bits per heavy atom. The lowest BCUT2D eigenvalue weighted by Gasteiger charge is -2.35. The molecule has 0 spiro atoms. The van der Waals surface area contributed by atoms with Gasteiger partial charge in [0.2, 0.25) is 0 Å². The normalized spacial score (nSPS) is 14.6. The fourth-order valence-corrected chi connectivity index (χ4v) is 3.80. The molecule has 0 unspecified atom stereocenters. The zero-order chi connectivity index (χ0) is 25.4. The summed E-state index contributed by atoms with van der Waals surface area (Å²) < 4.78 is 11.4. The van der Waals surface area contributed by atoms with Crippen LogP contribution in [-0.2, 0) is 14.4 Å². The minimum atomic E-state index is -0.489. The SMILES string of the molecule is CON(CC=O)C(=O)c1ccnc2ccc(OCCCN3CCN(C(=O)OC(C)(C)C)CC3)cc12. The van der Waals surface area contributed by atoms with Crippen LogP contribution in [-0.4, -0.2) is 96.7 Å². The summed E-state index contributed by atoms with van der Waals surface area (Å²) in [5.74, 6) is 0.211. The first-order valence-electron chi connectivity index (χ1n) is 11.7. The molecule has 3 rings (SSSR count). The lowest BCUT2D eigenvalue weighted by molar-refractivity contribution is -0.124. The van der Waals surface area contributed by atoms with E-state index in [1.54, 1.807) is 29.3 Å². The molecule has 2 heterocycles. The van der Waals surface area contributed by atoms with Crippen LogP contribution < -0.4 is 4.74 Å². The number of benzene rings is 1. The fraction of sp³-hybridized carbons (Fsp3) is 0.520. The number of hydrogen-bond donors (Lipinski definition) is 0. The van der Waals surface area contributed by atoms with Crippen molar-refractivity contribution in [2.75, 3.05) is 53.0 Å². The summed E-state index contributed by atoms with van der Waals surface area (Å²) in [5, 5.41) is 1.62. The summed E-state index contributed by atoms with van der Waals surface area (Å²) >= 11 is 0. The molecule has 0 atom stereocenters. The van der Waals surface area contributed by atoms with E-state index in [0.29, 0.717) is 48.2 Å². The molecule has 1 saturated heterocycles. The van der Waals surface area contributed by atoms with E-state index >= 15 is 0 Å². The monoisotopic (exact) mass is 486 g/mol. The van der Waals surface area contributed by atoms with E-state index in [9.17, 15) is 14.4 Å². The number of aromatic nitrogens is 1. The quantitative estimate of drug-likeness (QED) is 0.303. The molecule has 1 fully saturated rings. The van der Waals surface area contributed by atoms with Gasteiger partial charge in [0.25, 0.3) is 5.91 Å². The molecule has 1 aromatic heterocycles. The van der Waals surface area contributed by atoms with Crippen molar-refractivity contribution in [2.45, 2.75) is 32.8 Å². The molecule has 0 aliphatic carbocycles. The molecule has 1 aliphatic heterocycles. The van der Waals surface area contributed by atoms with Crippen molar-refractivity contribution >= 4 is 29.2 Å². The van der Waals surface area contributed by atoms with E-state index in [4.69, 9.17) is 14.3 Å².